The van der Waals surface area contributed by atoms with Gasteiger partial charge in [0.15, 0.2) is 0 Å². The summed E-state index contributed by atoms with van der Waals surface area (Å²) in [7, 11) is -1.10. The van der Waals surface area contributed by atoms with Crippen LogP contribution in [-0.4, -0.2) is 21.4 Å². The summed E-state index contributed by atoms with van der Waals surface area (Å²) >= 11 is 0. The minimum atomic E-state index is -1.10. The predicted molar refractivity (Wildman–Crippen MR) is 115 cm³/mol. The van der Waals surface area contributed by atoms with Gasteiger partial charge >= 0.3 is 0 Å². The van der Waals surface area contributed by atoms with Crippen molar-refractivity contribution in [3.05, 3.63) is 70.0 Å². The number of para-hydroxylation sites is 1. The van der Waals surface area contributed by atoms with Crippen LogP contribution in [0, 0.1) is 0 Å². The maximum Gasteiger partial charge on any atom is 0.123 e. The number of ether oxygens (including phenoxy) is 1. The summed E-state index contributed by atoms with van der Waals surface area (Å²) in [6.45, 7) is 8.46. The Kier molecular flexibility index (Phi) is 4.66. The van der Waals surface area contributed by atoms with Crippen LogP contribution in [0.5, 0.6) is 0 Å². The van der Waals surface area contributed by atoms with E-state index in [4.69, 9.17) is 15.5 Å². The smallest absolute Gasteiger partial charge is 0.123 e. The minimum Gasteiger partial charge on any atom is -0.399 e. The van der Waals surface area contributed by atoms with Gasteiger partial charge in [-0.3, -0.25) is 0 Å². The number of fused-ring (bicyclic) bond motifs is 2. The quantitative estimate of drug-likeness (QED) is 0.494. The molecule has 4 rings (SSSR count). The molecule has 0 saturated heterocycles. The molecule has 0 fully saturated rings. The summed E-state index contributed by atoms with van der Waals surface area (Å²) in [4.78, 5) is 7.11. The third-order valence-corrected chi connectivity index (χ3v) is 6.77. The molecule has 0 bridgehead atoms. The van der Waals surface area contributed by atoms with Gasteiger partial charge in [0, 0.05) is 37.7 Å². The monoisotopic (exact) mass is 377 g/mol. The van der Waals surface area contributed by atoms with Crippen molar-refractivity contribution in [2.45, 2.75) is 32.1 Å². The lowest BCUT2D eigenvalue weighted by molar-refractivity contribution is 0.151. The molecule has 5 heteroatoms. The van der Waals surface area contributed by atoms with Crippen LogP contribution in [0.15, 0.2) is 58.9 Å². The Hall–Kier alpha value is -2.37. The summed E-state index contributed by atoms with van der Waals surface area (Å²) in [5, 5.41) is 2.21. The van der Waals surface area contributed by atoms with Crippen LogP contribution < -0.4 is 21.2 Å². The Morgan fingerprint density at radius 3 is 2.74 bits per heavy atom. The second kappa shape index (κ2) is 6.98. The first kappa shape index (κ1) is 18.0. The van der Waals surface area contributed by atoms with Crippen LogP contribution in [0.3, 0.4) is 0 Å². The Morgan fingerprint density at radius 1 is 1.15 bits per heavy atom. The molecule has 0 unspecified atom stereocenters. The van der Waals surface area contributed by atoms with E-state index < -0.39 is 8.07 Å². The highest BCUT2D eigenvalue weighted by atomic mass is 28.3. The second-order valence-corrected chi connectivity index (χ2v) is 14.1. The number of rotatable bonds is 5. The first-order valence-corrected chi connectivity index (χ1v) is 13.2. The molecule has 0 saturated carbocycles. The van der Waals surface area contributed by atoms with Crippen LogP contribution in [0.1, 0.15) is 5.56 Å². The Labute approximate surface area is 161 Å². The Balaban J connectivity index is 1.65. The highest BCUT2D eigenvalue weighted by Gasteiger charge is 2.27. The van der Waals surface area contributed by atoms with Crippen molar-refractivity contribution in [3.63, 3.8) is 0 Å². The molecule has 140 valence electrons. The lowest BCUT2D eigenvalue weighted by Crippen LogP contribution is -2.26. The van der Waals surface area contributed by atoms with Gasteiger partial charge < -0.3 is 15.4 Å². The molecule has 27 heavy (non-hydrogen) atoms. The minimum absolute atomic E-state index is 0.541. The predicted octanol–water partition coefficient (Wildman–Crippen LogP) is 3.27. The summed E-state index contributed by atoms with van der Waals surface area (Å²) in [5.74, 6) is 0. The van der Waals surface area contributed by atoms with Crippen molar-refractivity contribution in [1.29, 1.82) is 0 Å². The zero-order chi connectivity index (χ0) is 19.0. The fourth-order valence-electron chi connectivity index (χ4n) is 3.48. The van der Waals surface area contributed by atoms with E-state index in [0.717, 1.165) is 35.5 Å². The molecule has 2 heterocycles. The number of nitrogens with two attached hydrogens (primary N) is 1. The maximum absolute atomic E-state index is 6.09. The first-order valence-electron chi connectivity index (χ1n) is 9.53. The van der Waals surface area contributed by atoms with Gasteiger partial charge in [0.2, 0.25) is 0 Å². The lowest BCUT2D eigenvalue weighted by atomic mass is 10.1. The topological polar surface area (TPSA) is 50.8 Å². The number of anilines is 2. The molecule has 2 aromatic carbocycles. The molecule has 0 amide bonds. The molecular weight excluding hydrogens is 350 g/mol. The first-order chi connectivity index (χ1) is 12.9. The normalized spacial score (nSPS) is 18.1. The molecular formula is C22H27N3OSi. The van der Waals surface area contributed by atoms with Gasteiger partial charge in [0.1, 0.15) is 6.73 Å². The highest BCUT2D eigenvalue weighted by molar-refractivity contribution is 6.76. The third kappa shape index (κ3) is 3.84. The summed E-state index contributed by atoms with van der Waals surface area (Å²) in [6, 6.07) is 15.6. The molecule has 2 aromatic rings. The van der Waals surface area contributed by atoms with Gasteiger partial charge in [0.05, 0.1) is 16.8 Å². The van der Waals surface area contributed by atoms with E-state index in [1.165, 1.54) is 22.5 Å². The lowest BCUT2D eigenvalue weighted by Gasteiger charge is -2.23. The Bertz CT molecular complexity index is 984. The second-order valence-electron chi connectivity index (χ2n) is 8.49. The average molecular weight is 378 g/mol. The number of benzene rings is 2. The summed E-state index contributed by atoms with van der Waals surface area (Å²) in [5.41, 5.74) is 11.5. The molecule has 2 aliphatic rings. The van der Waals surface area contributed by atoms with Crippen molar-refractivity contribution in [1.82, 2.24) is 0 Å². The number of hydrogen-bond acceptors (Lipinski definition) is 4. The maximum atomic E-state index is 6.09. The van der Waals surface area contributed by atoms with E-state index in [1.54, 1.807) is 0 Å². The molecule has 0 spiro atoms. The van der Waals surface area contributed by atoms with Crippen molar-refractivity contribution in [2.75, 3.05) is 24.0 Å². The van der Waals surface area contributed by atoms with E-state index in [9.17, 15) is 0 Å². The van der Waals surface area contributed by atoms with Crippen molar-refractivity contribution in [2.24, 2.45) is 4.99 Å². The van der Waals surface area contributed by atoms with E-state index in [0.29, 0.717) is 6.73 Å². The number of nitrogen functional groups attached to an aromatic ring is 1. The van der Waals surface area contributed by atoms with Gasteiger partial charge in [-0.1, -0.05) is 43.9 Å². The molecule has 4 nitrogen and oxygen atoms in total. The van der Waals surface area contributed by atoms with E-state index >= 15 is 0 Å². The van der Waals surface area contributed by atoms with Gasteiger partial charge in [-0.2, -0.15) is 0 Å². The SMILES string of the molecule is C[Si](C)(C)CCOCN1C(=C2C=c3ccccc3=N2)Cc2ccc(N)cc21. The standard InChI is InChI=1S/C22H27N3OSi/c1-27(2,3)11-10-26-15-25-21-14-18(23)9-8-17(21)13-22(25)20-12-16-6-4-5-7-19(16)24-20/h4-9,12,14H,10-11,13,15,23H2,1-3H3. The Morgan fingerprint density at radius 2 is 1.96 bits per heavy atom. The van der Waals surface area contributed by atoms with Crippen molar-refractivity contribution < 1.29 is 4.74 Å². The average Bonchev–Trinajstić information content (AvgIpc) is 3.19. The largest absolute Gasteiger partial charge is 0.399 e. The molecule has 0 atom stereocenters. The van der Waals surface area contributed by atoms with E-state index in [-0.39, 0.29) is 0 Å². The van der Waals surface area contributed by atoms with Crippen molar-refractivity contribution >= 4 is 25.5 Å². The van der Waals surface area contributed by atoms with Gasteiger partial charge in [-0.25, -0.2) is 4.99 Å². The van der Waals surface area contributed by atoms with Crippen LogP contribution in [0.25, 0.3) is 6.08 Å². The van der Waals surface area contributed by atoms with Gasteiger partial charge in [0.25, 0.3) is 0 Å². The summed E-state index contributed by atoms with van der Waals surface area (Å²) in [6.07, 6.45) is 3.03. The molecule has 0 aromatic heterocycles. The number of allylic oxidation sites excluding steroid dienone is 2. The number of nitrogens with zero attached hydrogens (tertiary/aromatic N) is 2. The zero-order valence-corrected chi connectivity index (χ0v) is 17.3. The molecule has 0 radical (unpaired) electrons. The molecule has 0 aliphatic carbocycles. The third-order valence-electron chi connectivity index (χ3n) is 5.07. The highest BCUT2D eigenvalue weighted by Crippen LogP contribution is 2.38. The van der Waals surface area contributed by atoms with Crippen LogP contribution >= 0.6 is 0 Å². The molecule has 2 N–H and O–H groups in total. The van der Waals surface area contributed by atoms with Crippen LogP contribution in [-0.2, 0) is 11.2 Å². The molecule has 2 aliphatic heterocycles. The van der Waals surface area contributed by atoms with Gasteiger partial charge in [-0.05, 0) is 35.9 Å². The number of hydrogen-bond donors (Lipinski definition) is 1. The van der Waals surface area contributed by atoms with Crippen LogP contribution in [0.2, 0.25) is 25.7 Å². The van der Waals surface area contributed by atoms with E-state index in [1.807, 2.05) is 18.2 Å². The zero-order valence-electron chi connectivity index (χ0n) is 16.3. The summed E-state index contributed by atoms with van der Waals surface area (Å²) < 4.78 is 6.09. The van der Waals surface area contributed by atoms with Crippen LogP contribution in [0.4, 0.5) is 11.4 Å². The van der Waals surface area contributed by atoms with Gasteiger partial charge in [-0.15, -0.1) is 0 Å². The fraction of sp³-hybridized carbons (Fsp3) is 0.318. The van der Waals surface area contributed by atoms with Crippen molar-refractivity contribution in [3.8, 4) is 0 Å². The fourth-order valence-corrected chi connectivity index (χ4v) is 4.24. The van der Waals surface area contributed by atoms with E-state index in [2.05, 4.69) is 54.9 Å².